The van der Waals surface area contributed by atoms with Gasteiger partial charge in [0, 0.05) is 32.6 Å². The Bertz CT molecular complexity index is 2400. The zero-order valence-corrected chi connectivity index (χ0v) is 27.5. The van der Waals surface area contributed by atoms with Crippen LogP contribution in [-0.2, 0) is 4.57 Å². The van der Waals surface area contributed by atoms with Gasteiger partial charge in [-0.15, -0.1) is 0 Å². The lowest BCUT2D eigenvalue weighted by molar-refractivity contribution is 0.592. The van der Waals surface area contributed by atoms with E-state index in [-0.39, 0.29) is 11.6 Å². The Morgan fingerprint density at radius 2 is 0.740 bits per heavy atom. The third kappa shape index (κ3) is 5.80. The van der Waals surface area contributed by atoms with Crippen molar-refractivity contribution in [2.24, 2.45) is 0 Å². The minimum absolute atomic E-state index is 0.362. The molecular formula is C43H28F2N3OP. The molecule has 0 bridgehead atoms. The number of hydrogen-bond acceptors (Lipinski definition) is 4. The Morgan fingerprint density at radius 1 is 0.360 bits per heavy atom. The highest BCUT2D eigenvalue weighted by Crippen LogP contribution is 2.43. The van der Waals surface area contributed by atoms with Gasteiger partial charge < -0.3 is 4.57 Å². The third-order valence-electron chi connectivity index (χ3n) is 8.79. The van der Waals surface area contributed by atoms with E-state index in [9.17, 15) is 13.3 Å². The van der Waals surface area contributed by atoms with Crippen molar-refractivity contribution < 1.29 is 13.3 Å². The smallest absolute Gasteiger partial charge is 0.171 e. The van der Waals surface area contributed by atoms with Crippen molar-refractivity contribution in [3.05, 3.63) is 181 Å². The Morgan fingerprint density at radius 3 is 1.24 bits per heavy atom. The molecular weight excluding hydrogens is 643 g/mol. The van der Waals surface area contributed by atoms with Gasteiger partial charge >= 0.3 is 0 Å². The predicted molar refractivity (Wildman–Crippen MR) is 198 cm³/mol. The van der Waals surface area contributed by atoms with Gasteiger partial charge in [0.15, 0.2) is 24.6 Å². The van der Waals surface area contributed by atoms with E-state index in [4.69, 9.17) is 9.97 Å². The van der Waals surface area contributed by atoms with Crippen LogP contribution in [0.1, 0.15) is 0 Å². The number of fused-ring (bicyclic) bond motifs is 1. The highest BCUT2D eigenvalue weighted by Gasteiger charge is 2.29. The van der Waals surface area contributed by atoms with E-state index in [1.54, 1.807) is 24.3 Å². The van der Waals surface area contributed by atoms with Gasteiger partial charge in [-0.05, 0) is 76.5 Å². The molecule has 7 aromatic carbocycles. The number of hydrogen-bond donors (Lipinski definition) is 0. The molecule has 0 saturated carbocycles. The minimum Gasteiger partial charge on any atom is -0.309 e. The van der Waals surface area contributed by atoms with Crippen LogP contribution in [0, 0.1) is 11.6 Å². The standard InChI is InChI=1S/C43H28F2N3OP/c44-32-21-15-30(16-22-32)41-46-42(31-17-23-33(45)24-18-31)48-43(47-41)40-28-27-37(38-13-7-8-14-39(38)40)29-19-25-36(26-20-29)50(49,34-9-3-1-4-10-34)35-11-5-2-6-12-35/h1-28H. The summed E-state index contributed by atoms with van der Waals surface area (Å²) in [6.07, 6.45) is 0. The van der Waals surface area contributed by atoms with Gasteiger partial charge in [0.05, 0.1) is 0 Å². The molecule has 1 heterocycles. The SMILES string of the molecule is O=P(c1ccccc1)(c1ccccc1)c1ccc(-c2ccc(-c3nc(-c4ccc(F)cc4)nc(-c4ccc(F)cc4)n3)c3ccccc23)cc1. The van der Waals surface area contributed by atoms with Crippen LogP contribution in [0.15, 0.2) is 170 Å². The van der Waals surface area contributed by atoms with Crippen LogP contribution in [0.5, 0.6) is 0 Å². The van der Waals surface area contributed by atoms with Gasteiger partial charge in [-0.1, -0.05) is 115 Å². The number of aromatic nitrogens is 3. The fraction of sp³-hybridized carbons (Fsp3) is 0. The molecule has 0 unspecified atom stereocenters. The van der Waals surface area contributed by atoms with E-state index in [1.165, 1.54) is 24.3 Å². The molecule has 0 atom stereocenters. The molecule has 0 spiro atoms. The average molecular weight is 672 g/mol. The van der Waals surface area contributed by atoms with E-state index in [0.29, 0.717) is 28.6 Å². The minimum atomic E-state index is -3.11. The molecule has 0 aliphatic rings. The summed E-state index contributed by atoms with van der Waals surface area (Å²) in [5.74, 6) is 0.459. The molecule has 240 valence electrons. The van der Waals surface area contributed by atoms with Crippen molar-refractivity contribution in [3.8, 4) is 45.3 Å². The lowest BCUT2D eigenvalue weighted by atomic mass is 9.94. The first-order valence-electron chi connectivity index (χ1n) is 16.1. The average Bonchev–Trinajstić information content (AvgIpc) is 3.18. The molecule has 50 heavy (non-hydrogen) atoms. The number of nitrogens with zero attached hydrogens (tertiary/aromatic N) is 3. The summed E-state index contributed by atoms with van der Waals surface area (Å²) in [6, 6.07) is 51.3. The first-order chi connectivity index (χ1) is 24.5. The molecule has 1 aromatic heterocycles. The van der Waals surface area contributed by atoms with E-state index < -0.39 is 7.14 Å². The summed E-state index contributed by atoms with van der Waals surface area (Å²) in [6.45, 7) is 0. The summed E-state index contributed by atoms with van der Waals surface area (Å²) < 4.78 is 42.5. The number of benzene rings is 7. The maximum absolute atomic E-state index is 14.9. The van der Waals surface area contributed by atoms with Crippen LogP contribution < -0.4 is 15.9 Å². The Hall–Kier alpha value is -6.10. The predicted octanol–water partition coefficient (Wildman–Crippen LogP) is 9.61. The Balaban J connectivity index is 1.24. The highest BCUT2D eigenvalue weighted by atomic mass is 31.2. The summed E-state index contributed by atoms with van der Waals surface area (Å²) in [5.41, 5.74) is 4.01. The molecule has 0 amide bonds. The summed E-state index contributed by atoms with van der Waals surface area (Å²) in [5, 5.41) is 4.23. The van der Waals surface area contributed by atoms with Gasteiger partial charge in [0.2, 0.25) is 0 Å². The lowest BCUT2D eigenvalue weighted by Gasteiger charge is -2.20. The van der Waals surface area contributed by atoms with E-state index in [1.807, 2.05) is 115 Å². The first-order valence-corrected chi connectivity index (χ1v) is 17.8. The van der Waals surface area contributed by atoms with Crippen molar-refractivity contribution in [1.29, 1.82) is 0 Å². The van der Waals surface area contributed by atoms with E-state index in [0.717, 1.165) is 43.4 Å². The van der Waals surface area contributed by atoms with Crippen molar-refractivity contribution in [2.75, 3.05) is 0 Å². The molecule has 7 heteroatoms. The van der Waals surface area contributed by atoms with Crippen LogP contribution in [0.2, 0.25) is 0 Å². The second-order valence-electron chi connectivity index (χ2n) is 11.9. The van der Waals surface area contributed by atoms with Gasteiger partial charge in [-0.25, -0.2) is 23.7 Å². The van der Waals surface area contributed by atoms with Crippen LogP contribution in [0.4, 0.5) is 8.78 Å². The largest absolute Gasteiger partial charge is 0.309 e. The first kappa shape index (κ1) is 31.2. The van der Waals surface area contributed by atoms with E-state index in [2.05, 4.69) is 11.1 Å². The zero-order valence-electron chi connectivity index (χ0n) is 26.6. The Labute approximate surface area is 288 Å². The third-order valence-corrected chi connectivity index (χ3v) is 11.9. The van der Waals surface area contributed by atoms with Crippen molar-refractivity contribution in [1.82, 2.24) is 15.0 Å². The summed E-state index contributed by atoms with van der Waals surface area (Å²) in [7, 11) is -3.11. The second-order valence-corrected chi connectivity index (χ2v) is 14.6. The molecule has 0 radical (unpaired) electrons. The number of halogens is 2. The topological polar surface area (TPSA) is 55.7 Å². The maximum Gasteiger partial charge on any atom is 0.171 e. The van der Waals surface area contributed by atoms with Crippen LogP contribution in [0.3, 0.4) is 0 Å². The van der Waals surface area contributed by atoms with Crippen molar-refractivity contribution in [3.63, 3.8) is 0 Å². The molecule has 0 fully saturated rings. The lowest BCUT2D eigenvalue weighted by Crippen LogP contribution is -2.24. The monoisotopic (exact) mass is 671 g/mol. The molecule has 0 saturated heterocycles. The van der Waals surface area contributed by atoms with Crippen molar-refractivity contribution >= 4 is 33.8 Å². The van der Waals surface area contributed by atoms with Gasteiger partial charge in [-0.2, -0.15) is 0 Å². The molecule has 0 aliphatic carbocycles. The van der Waals surface area contributed by atoms with Gasteiger partial charge in [0.1, 0.15) is 11.6 Å². The van der Waals surface area contributed by atoms with Crippen molar-refractivity contribution in [2.45, 2.75) is 0 Å². The van der Waals surface area contributed by atoms with Crippen LogP contribution in [0.25, 0.3) is 56.1 Å². The highest BCUT2D eigenvalue weighted by molar-refractivity contribution is 7.85. The summed E-state index contributed by atoms with van der Waals surface area (Å²) >= 11 is 0. The molecule has 4 nitrogen and oxygen atoms in total. The zero-order chi connectivity index (χ0) is 34.1. The molecule has 8 aromatic rings. The second kappa shape index (κ2) is 13.1. The quantitative estimate of drug-likeness (QED) is 0.158. The maximum atomic E-state index is 14.9. The van der Waals surface area contributed by atoms with E-state index >= 15 is 0 Å². The van der Waals surface area contributed by atoms with Gasteiger partial charge in [-0.3, -0.25) is 0 Å². The molecule has 0 aliphatic heterocycles. The fourth-order valence-corrected chi connectivity index (χ4v) is 8.92. The Kier molecular flexibility index (Phi) is 8.15. The fourth-order valence-electron chi connectivity index (χ4n) is 6.27. The van der Waals surface area contributed by atoms with Crippen LogP contribution >= 0.6 is 7.14 Å². The number of rotatable bonds is 7. The summed E-state index contributed by atoms with van der Waals surface area (Å²) in [4.78, 5) is 14.4. The van der Waals surface area contributed by atoms with Gasteiger partial charge in [0.25, 0.3) is 0 Å². The molecule has 0 N–H and O–H groups in total. The molecule has 8 rings (SSSR count). The van der Waals surface area contributed by atoms with Crippen LogP contribution in [-0.4, -0.2) is 15.0 Å². The normalized spacial score (nSPS) is 11.5.